The first-order valence-electron chi connectivity index (χ1n) is 8.80. The van der Waals surface area contributed by atoms with Gasteiger partial charge in [-0.15, -0.1) is 0 Å². The predicted octanol–water partition coefficient (Wildman–Crippen LogP) is 1.65. The van der Waals surface area contributed by atoms with Crippen molar-refractivity contribution in [3.8, 4) is 0 Å². The third kappa shape index (κ3) is 4.58. The Bertz CT molecular complexity index is 1010. The summed E-state index contributed by atoms with van der Waals surface area (Å²) in [5.74, 6) is -1.43. The molecule has 9 nitrogen and oxygen atoms in total. The molecule has 0 saturated heterocycles. The van der Waals surface area contributed by atoms with Gasteiger partial charge in [-0.05, 0) is 17.7 Å². The molecule has 5 N–H and O–H groups in total. The van der Waals surface area contributed by atoms with Crippen LogP contribution in [-0.4, -0.2) is 51.3 Å². The lowest BCUT2D eigenvalue weighted by molar-refractivity contribution is -0.151. The molecule has 1 amide bonds. The van der Waals surface area contributed by atoms with Crippen molar-refractivity contribution < 1.29 is 19.4 Å². The number of carbonyl (C=O) groups excluding carboxylic acids is 1. The minimum Gasteiger partial charge on any atom is -0.480 e. The summed E-state index contributed by atoms with van der Waals surface area (Å²) in [7, 11) is 1.37. The number of ether oxygens (including phenoxy) is 1. The van der Waals surface area contributed by atoms with E-state index >= 15 is 0 Å². The molecule has 1 aromatic heterocycles. The molecule has 29 heavy (non-hydrogen) atoms. The maximum absolute atomic E-state index is 13.1. The Morgan fingerprint density at radius 1 is 1.24 bits per heavy atom. The van der Waals surface area contributed by atoms with Gasteiger partial charge in [0, 0.05) is 19.2 Å². The highest BCUT2D eigenvalue weighted by Crippen LogP contribution is 2.21. The number of nitrogens with zero attached hydrogens (tertiary/aromatic N) is 2. The number of rotatable bonds is 8. The molecule has 1 heterocycles. The van der Waals surface area contributed by atoms with Crippen molar-refractivity contribution in [1.82, 2.24) is 14.9 Å². The van der Waals surface area contributed by atoms with Crippen molar-refractivity contribution in [2.75, 3.05) is 13.7 Å². The molecular weight excluding hydrogens is 374 g/mol. The Hall–Kier alpha value is -3.72. The number of aliphatic carboxylic acids is 1. The van der Waals surface area contributed by atoms with E-state index in [9.17, 15) is 14.7 Å². The molecule has 1 unspecified atom stereocenters. The molecule has 3 rings (SSSR count). The summed E-state index contributed by atoms with van der Waals surface area (Å²) in [4.78, 5) is 33.1. The number of benzene rings is 2. The van der Waals surface area contributed by atoms with Crippen molar-refractivity contribution in [3.05, 3.63) is 65.5 Å². The lowest BCUT2D eigenvalue weighted by Gasteiger charge is -2.24. The number of nitrogen functional groups attached to an aromatic ring is 1. The van der Waals surface area contributed by atoms with Crippen LogP contribution in [0.3, 0.4) is 0 Å². The first-order chi connectivity index (χ1) is 13.9. The number of aromatic amines is 1. The number of nitrogens with one attached hydrogen (secondary N) is 2. The van der Waals surface area contributed by atoms with Crippen LogP contribution < -0.4 is 5.73 Å². The van der Waals surface area contributed by atoms with Crippen LogP contribution in [0.25, 0.3) is 11.0 Å². The number of methoxy groups -OCH3 is 1. The molecule has 0 bridgehead atoms. The number of carboxylic acids is 1. The van der Waals surface area contributed by atoms with Gasteiger partial charge in [0.15, 0.2) is 6.10 Å². The minimum absolute atomic E-state index is 0.0589. The molecule has 150 valence electrons. The van der Waals surface area contributed by atoms with E-state index < -0.39 is 24.5 Å². The number of hydrogen-bond acceptors (Lipinski definition) is 5. The van der Waals surface area contributed by atoms with Crippen LogP contribution in [0.4, 0.5) is 0 Å². The number of amidine groups is 1. The van der Waals surface area contributed by atoms with Gasteiger partial charge in [0.2, 0.25) is 0 Å². The third-order valence-electron chi connectivity index (χ3n) is 4.39. The highest BCUT2D eigenvalue weighted by molar-refractivity contribution is 5.94. The maximum atomic E-state index is 13.1. The molecule has 0 fully saturated rings. The zero-order valence-electron chi connectivity index (χ0n) is 15.8. The molecule has 1 atom stereocenters. The van der Waals surface area contributed by atoms with E-state index in [1.807, 2.05) is 18.2 Å². The average molecular weight is 395 g/mol. The first kappa shape index (κ1) is 20.0. The summed E-state index contributed by atoms with van der Waals surface area (Å²) in [5.41, 5.74) is 8.12. The predicted molar refractivity (Wildman–Crippen MR) is 106 cm³/mol. The van der Waals surface area contributed by atoms with Gasteiger partial charge in [0.25, 0.3) is 5.91 Å². The number of para-hydroxylation sites is 2. The Morgan fingerprint density at radius 2 is 1.93 bits per heavy atom. The van der Waals surface area contributed by atoms with Crippen LogP contribution in [0.5, 0.6) is 0 Å². The number of amides is 1. The van der Waals surface area contributed by atoms with Crippen LogP contribution in [0, 0.1) is 5.41 Å². The highest BCUT2D eigenvalue weighted by atomic mass is 16.5. The minimum atomic E-state index is -1.14. The largest absolute Gasteiger partial charge is 0.480 e. The summed E-state index contributed by atoms with van der Waals surface area (Å²) in [6.45, 7) is -0.434. The van der Waals surface area contributed by atoms with Gasteiger partial charge in [0.05, 0.1) is 11.0 Å². The zero-order chi connectivity index (χ0) is 21.0. The van der Waals surface area contributed by atoms with E-state index in [0.717, 1.165) is 5.52 Å². The van der Waals surface area contributed by atoms with Gasteiger partial charge in [-0.3, -0.25) is 15.0 Å². The summed E-state index contributed by atoms with van der Waals surface area (Å²) in [5, 5.41) is 16.7. The lowest BCUT2D eigenvalue weighted by Crippen LogP contribution is -2.39. The smallest absolute Gasteiger partial charge is 0.323 e. The Balaban J connectivity index is 1.86. The van der Waals surface area contributed by atoms with Crippen LogP contribution in [-0.2, 0) is 20.9 Å². The van der Waals surface area contributed by atoms with Crippen LogP contribution in [0.15, 0.2) is 48.5 Å². The Morgan fingerprint density at radius 3 is 2.52 bits per heavy atom. The molecule has 0 aliphatic carbocycles. The fraction of sp³-hybridized carbons (Fsp3) is 0.200. The van der Waals surface area contributed by atoms with Crippen molar-refractivity contribution in [1.29, 1.82) is 5.41 Å². The second kappa shape index (κ2) is 8.53. The van der Waals surface area contributed by atoms with Crippen molar-refractivity contribution in [2.24, 2.45) is 5.73 Å². The summed E-state index contributed by atoms with van der Waals surface area (Å²) >= 11 is 0. The third-order valence-corrected chi connectivity index (χ3v) is 4.39. The number of aromatic nitrogens is 2. The van der Waals surface area contributed by atoms with E-state index in [4.69, 9.17) is 15.9 Å². The maximum Gasteiger partial charge on any atom is 0.323 e. The Labute approximate surface area is 166 Å². The van der Waals surface area contributed by atoms with E-state index in [2.05, 4.69) is 9.97 Å². The van der Waals surface area contributed by atoms with Crippen LogP contribution in [0.1, 0.15) is 23.1 Å². The molecule has 2 aromatic carbocycles. The number of carboxylic acid groups (broad SMARTS) is 1. The number of imidazole rings is 1. The SMILES string of the molecule is COC(C(=O)N(CC(=O)O)Cc1ccc(C(=N)N)cc1)c1nc2ccccc2[nH]1. The van der Waals surface area contributed by atoms with Gasteiger partial charge >= 0.3 is 5.97 Å². The fourth-order valence-electron chi connectivity index (χ4n) is 2.98. The fourth-order valence-corrected chi connectivity index (χ4v) is 2.98. The van der Waals surface area contributed by atoms with Crippen molar-refractivity contribution in [2.45, 2.75) is 12.6 Å². The Kier molecular flexibility index (Phi) is 5.89. The molecule has 3 aromatic rings. The monoisotopic (exact) mass is 395 g/mol. The second-order valence-corrected chi connectivity index (χ2v) is 6.45. The van der Waals surface area contributed by atoms with Gasteiger partial charge in [-0.1, -0.05) is 36.4 Å². The summed E-state index contributed by atoms with van der Waals surface area (Å²) in [6, 6.07) is 14.0. The van der Waals surface area contributed by atoms with E-state index in [1.54, 1.807) is 30.3 Å². The molecule has 0 saturated carbocycles. The second-order valence-electron chi connectivity index (χ2n) is 6.45. The van der Waals surface area contributed by atoms with Crippen LogP contribution in [0.2, 0.25) is 0 Å². The average Bonchev–Trinajstić information content (AvgIpc) is 3.11. The highest BCUT2D eigenvalue weighted by Gasteiger charge is 2.30. The van der Waals surface area contributed by atoms with Gasteiger partial charge in [-0.2, -0.15) is 0 Å². The molecular formula is C20H21N5O4. The topological polar surface area (TPSA) is 145 Å². The van der Waals surface area contributed by atoms with E-state index in [0.29, 0.717) is 22.5 Å². The number of hydrogen-bond donors (Lipinski definition) is 4. The van der Waals surface area contributed by atoms with Gasteiger partial charge < -0.3 is 25.5 Å². The first-order valence-corrected chi connectivity index (χ1v) is 8.80. The molecule has 9 heteroatoms. The van der Waals surface area contributed by atoms with Crippen LogP contribution >= 0.6 is 0 Å². The summed E-state index contributed by atoms with van der Waals surface area (Å²) < 4.78 is 5.36. The molecule has 0 aliphatic heterocycles. The summed E-state index contributed by atoms with van der Waals surface area (Å²) in [6.07, 6.45) is -1.07. The van der Waals surface area contributed by atoms with Crippen molar-refractivity contribution in [3.63, 3.8) is 0 Å². The molecule has 0 aliphatic rings. The molecule has 0 radical (unpaired) electrons. The van der Waals surface area contributed by atoms with Gasteiger partial charge in [0.1, 0.15) is 18.2 Å². The zero-order valence-corrected chi connectivity index (χ0v) is 15.8. The van der Waals surface area contributed by atoms with E-state index in [-0.39, 0.29) is 12.4 Å². The van der Waals surface area contributed by atoms with E-state index in [1.165, 1.54) is 12.0 Å². The number of carbonyl (C=O) groups is 2. The standard InChI is InChI=1S/C20H21N5O4/c1-29-17(19-23-14-4-2-3-5-15(14)24-19)20(28)25(11-16(26)27)10-12-6-8-13(9-7-12)18(21)22/h2-9,17H,10-11H2,1H3,(H3,21,22)(H,23,24)(H,26,27). The lowest BCUT2D eigenvalue weighted by atomic mass is 10.1. The quantitative estimate of drug-likeness (QED) is 0.337. The van der Waals surface area contributed by atoms with Crippen molar-refractivity contribution >= 4 is 28.7 Å². The number of H-pyrrole nitrogens is 1. The van der Waals surface area contributed by atoms with Gasteiger partial charge in [-0.25, -0.2) is 4.98 Å². The molecule has 0 spiro atoms. The number of fused-ring (bicyclic) bond motifs is 1. The number of nitrogens with two attached hydrogens (primary N) is 1. The normalized spacial score (nSPS) is 11.9.